The van der Waals surface area contributed by atoms with Crippen LogP contribution in [0.4, 0.5) is 11.8 Å². The fourth-order valence-corrected chi connectivity index (χ4v) is 4.84. The number of ether oxygens (including phenoxy) is 1. The molecule has 4 aliphatic rings. The molecule has 5 rings (SSSR count). The minimum atomic E-state index is 0. The van der Waals surface area contributed by atoms with Gasteiger partial charge in [-0.1, -0.05) is 6.42 Å². The lowest BCUT2D eigenvalue weighted by molar-refractivity contribution is 0.0793. The topological polar surface area (TPSA) is 76.3 Å². The second-order valence-corrected chi connectivity index (χ2v) is 7.35. The average molecular weight is 364 g/mol. The number of rotatable bonds is 1. The van der Waals surface area contributed by atoms with Crippen molar-refractivity contribution >= 4 is 29.7 Å². The Bertz CT molecular complexity index is 701. The first-order valence-electron chi connectivity index (χ1n) is 9.33. The molecule has 1 saturated carbocycles. The molecule has 3 N–H and O–H groups in total. The van der Waals surface area contributed by atoms with Crippen molar-refractivity contribution in [2.45, 2.75) is 44.6 Å². The minimum Gasteiger partial charge on any atom is -0.494 e. The summed E-state index contributed by atoms with van der Waals surface area (Å²) < 4.78 is 6.31. The first-order chi connectivity index (χ1) is 11.8. The first kappa shape index (κ1) is 16.9. The van der Waals surface area contributed by atoms with Crippen LogP contribution in [0.25, 0.3) is 5.57 Å². The van der Waals surface area contributed by atoms with E-state index in [1.165, 1.54) is 42.6 Å². The van der Waals surface area contributed by atoms with Crippen LogP contribution in [0, 0.1) is 5.92 Å². The van der Waals surface area contributed by atoms with Crippen LogP contribution >= 0.6 is 12.4 Å². The molecule has 1 saturated heterocycles. The van der Waals surface area contributed by atoms with Gasteiger partial charge in [-0.3, -0.25) is 0 Å². The van der Waals surface area contributed by atoms with Crippen LogP contribution in [0.5, 0.6) is 0 Å². The van der Waals surface area contributed by atoms with E-state index in [1.807, 2.05) is 0 Å². The summed E-state index contributed by atoms with van der Waals surface area (Å²) in [5.41, 5.74) is 9.85. The van der Waals surface area contributed by atoms with E-state index >= 15 is 0 Å². The van der Waals surface area contributed by atoms with Crippen molar-refractivity contribution in [3.05, 3.63) is 17.0 Å². The number of nitrogen functional groups attached to an aromatic ring is 1. The first-order valence-corrected chi connectivity index (χ1v) is 9.33. The van der Waals surface area contributed by atoms with Gasteiger partial charge in [0, 0.05) is 49.7 Å². The van der Waals surface area contributed by atoms with Gasteiger partial charge in [-0.15, -0.1) is 12.4 Å². The largest absolute Gasteiger partial charge is 0.494 e. The maximum absolute atomic E-state index is 6.31. The third kappa shape index (κ3) is 2.75. The lowest BCUT2D eigenvalue weighted by Crippen LogP contribution is -2.44. The van der Waals surface area contributed by atoms with Crippen LogP contribution in [-0.2, 0) is 11.2 Å². The number of fused-ring (bicyclic) bond motifs is 4. The Morgan fingerprint density at radius 1 is 1.08 bits per heavy atom. The second-order valence-electron chi connectivity index (χ2n) is 7.35. The van der Waals surface area contributed by atoms with E-state index in [4.69, 9.17) is 10.5 Å². The van der Waals surface area contributed by atoms with Gasteiger partial charge in [0.25, 0.3) is 0 Å². The molecule has 2 aliphatic carbocycles. The summed E-state index contributed by atoms with van der Waals surface area (Å²) >= 11 is 0. The van der Waals surface area contributed by atoms with Gasteiger partial charge in [0.05, 0.1) is 5.69 Å². The van der Waals surface area contributed by atoms with E-state index in [0.29, 0.717) is 18.0 Å². The number of allylic oxidation sites excluding steroid dienone is 1. The van der Waals surface area contributed by atoms with Crippen LogP contribution in [0.15, 0.2) is 5.76 Å². The normalized spacial score (nSPS) is 27.8. The number of hydrogen-bond donors (Lipinski definition) is 2. The number of nitrogens with zero attached hydrogens (tertiary/aromatic N) is 3. The Balaban J connectivity index is 0.00000157. The number of piperazine rings is 1. The molecule has 0 amide bonds. The molecule has 2 fully saturated rings. The van der Waals surface area contributed by atoms with E-state index in [1.54, 1.807) is 0 Å². The molecule has 1 aromatic heterocycles. The summed E-state index contributed by atoms with van der Waals surface area (Å²) in [7, 11) is 0. The van der Waals surface area contributed by atoms with E-state index in [9.17, 15) is 0 Å². The highest BCUT2D eigenvalue weighted by atomic mass is 35.5. The molecule has 25 heavy (non-hydrogen) atoms. The Kier molecular flexibility index (Phi) is 4.50. The fourth-order valence-electron chi connectivity index (χ4n) is 4.84. The van der Waals surface area contributed by atoms with Crippen molar-refractivity contribution in [1.82, 2.24) is 15.3 Å². The Morgan fingerprint density at radius 2 is 1.88 bits per heavy atom. The summed E-state index contributed by atoms with van der Waals surface area (Å²) in [6.45, 7) is 3.97. The molecule has 3 heterocycles. The maximum atomic E-state index is 6.31. The van der Waals surface area contributed by atoms with Gasteiger partial charge in [-0.05, 0) is 25.7 Å². The van der Waals surface area contributed by atoms with Crippen molar-refractivity contribution in [2.24, 2.45) is 5.92 Å². The Labute approximate surface area is 154 Å². The highest BCUT2D eigenvalue weighted by Gasteiger charge is 2.42. The lowest BCUT2D eigenvalue weighted by Gasteiger charge is -2.32. The van der Waals surface area contributed by atoms with Crippen LogP contribution < -0.4 is 16.0 Å². The van der Waals surface area contributed by atoms with Crippen LogP contribution in [0.3, 0.4) is 0 Å². The number of aromatic nitrogens is 2. The van der Waals surface area contributed by atoms with Gasteiger partial charge in [0.2, 0.25) is 5.95 Å². The molecular weight excluding hydrogens is 338 g/mol. The van der Waals surface area contributed by atoms with Crippen molar-refractivity contribution in [3.63, 3.8) is 0 Å². The van der Waals surface area contributed by atoms with Crippen LogP contribution in [0.2, 0.25) is 0 Å². The smallest absolute Gasteiger partial charge is 0.222 e. The number of halogens is 1. The zero-order chi connectivity index (χ0) is 16.1. The SMILES string of the molecule is Cl.Nc1nc2c(c(N3CCNCC3)n1)CCC1=C2[C@@H]2CCCC[C@@H]2O1. The Morgan fingerprint density at radius 3 is 2.72 bits per heavy atom. The summed E-state index contributed by atoms with van der Waals surface area (Å²) in [6, 6.07) is 0. The molecule has 2 aliphatic heterocycles. The van der Waals surface area contributed by atoms with Crippen LogP contribution in [0.1, 0.15) is 43.4 Å². The molecule has 7 heteroatoms. The molecule has 0 radical (unpaired) electrons. The zero-order valence-electron chi connectivity index (χ0n) is 14.5. The average Bonchev–Trinajstić information content (AvgIpc) is 3.01. The highest BCUT2D eigenvalue weighted by molar-refractivity contribution is 5.85. The van der Waals surface area contributed by atoms with Crippen molar-refractivity contribution in [3.8, 4) is 0 Å². The van der Waals surface area contributed by atoms with Crippen molar-refractivity contribution in [1.29, 1.82) is 0 Å². The summed E-state index contributed by atoms with van der Waals surface area (Å²) in [6.07, 6.45) is 7.30. The monoisotopic (exact) mass is 363 g/mol. The molecule has 1 aromatic rings. The standard InChI is InChI=1S/C18H25N5O.ClH/c19-18-21-16-12(17(22-18)23-9-7-20-8-10-23)5-6-14-15(16)11-3-1-2-4-13(11)24-14;/h11,13,20H,1-10H2,(H2,19,21,22);1H/t11-,13+;/m1./s1. The summed E-state index contributed by atoms with van der Waals surface area (Å²) in [4.78, 5) is 11.7. The van der Waals surface area contributed by atoms with Crippen molar-refractivity contribution < 1.29 is 4.74 Å². The van der Waals surface area contributed by atoms with Gasteiger partial charge >= 0.3 is 0 Å². The number of hydrogen-bond acceptors (Lipinski definition) is 6. The van der Waals surface area contributed by atoms with Gasteiger partial charge in [0.1, 0.15) is 17.7 Å². The molecule has 0 spiro atoms. The number of anilines is 2. The van der Waals surface area contributed by atoms with E-state index in [-0.39, 0.29) is 12.4 Å². The van der Waals surface area contributed by atoms with Gasteiger partial charge in [0.15, 0.2) is 0 Å². The predicted molar refractivity (Wildman–Crippen MR) is 101 cm³/mol. The third-order valence-corrected chi connectivity index (χ3v) is 5.94. The summed E-state index contributed by atoms with van der Waals surface area (Å²) in [5.74, 6) is 3.15. The fraction of sp³-hybridized carbons (Fsp3) is 0.667. The third-order valence-electron chi connectivity index (χ3n) is 5.94. The van der Waals surface area contributed by atoms with E-state index in [0.717, 1.165) is 50.5 Å². The minimum absolute atomic E-state index is 0. The Hall–Kier alpha value is -1.53. The summed E-state index contributed by atoms with van der Waals surface area (Å²) in [5, 5.41) is 3.41. The van der Waals surface area contributed by atoms with Gasteiger partial charge in [-0.25, -0.2) is 4.98 Å². The van der Waals surface area contributed by atoms with Gasteiger partial charge in [-0.2, -0.15) is 4.98 Å². The molecule has 0 aromatic carbocycles. The van der Waals surface area contributed by atoms with E-state index in [2.05, 4.69) is 20.2 Å². The molecule has 0 bridgehead atoms. The molecule has 6 nitrogen and oxygen atoms in total. The quantitative estimate of drug-likeness (QED) is 0.796. The van der Waals surface area contributed by atoms with Gasteiger partial charge < -0.3 is 20.7 Å². The zero-order valence-corrected chi connectivity index (χ0v) is 15.3. The van der Waals surface area contributed by atoms with Crippen molar-refractivity contribution in [2.75, 3.05) is 36.8 Å². The van der Waals surface area contributed by atoms with E-state index < -0.39 is 0 Å². The second kappa shape index (κ2) is 6.65. The predicted octanol–water partition coefficient (Wildman–Crippen LogP) is 2.14. The highest BCUT2D eigenvalue weighted by Crippen LogP contribution is 2.50. The van der Waals surface area contributed by atoms with Crippen LogP contribution in [-0.4, -0.2) is 42.3 Å². The number of nitrogens with two attached hydrogens (primary N) is 1. The lowest BCUT2D eigenvalue weighted by atomic mass is 9.78. The maximum Gasteiger partial charge on any atom is 0.222 e. The molecule has 0 unspecified atom stereocenters. The molecule has 136 valence electrons. The molecular formula is C18H26ClN5O. The molecule has 2 atom stereocenters. The number of nitrogens with one attached hydrogen (secondary N) is 1.